The summed E-state index contributed by atoms with van der Waals surface area (Å²) in [5.74, 6) is 2.67. The van der Waals surface area contributed by atoms with Crippen molar-refractivity contribution in [3.8, 4) is 23.0 Å². The Hall–Kier alpha value is -5.81. The number of nitrogens with zero attached hydrogens (tertiary/aromatic N) is 3. The van der Waals surface area contributed by atoms with E-state index in [9.17, 15) is 22.6 Å². The molecule has 2 heterocycles. The SMILES string of the molecule is CCCCc1nc2c(NCc3ccc(OC)cc3OC)nc3cc(CCCCCNC(=O)[C@H](CS(=O)(=O)O)NC(=O)OC(C)(C)C)ccc3c2n1Cc1ccc(OC)cc1OC. The number of pyridine rings is 1. The number of benzene rings is 3. The molecule has 0 saturated heterocycles. The van der Waals surface area contributed by atoms with Crippen LogP contribution in [0.1, 0.15) is 82.3 Å². The van der Waals surface area contributed by atoms with Crippen LogP contribution in [0.3, 0.4) is 0 Å². The fraction of sp³-hybridized carbons (Fsp3) is 0.467. The molecule has 5 aromatic rings. The van der Waals surface area contributed by atoms with Crippen molar-refractivity contribution in [2.45, 2.75) is 97.4 Å². The highest BCUT2D eigenvalue weighted by Gasteiger charge is 2.28. The van der Waals surface area contributed by atoms with Gasteiger partial charge in [-0.15, -0.1) is 0 Å². The van der Waals surface area contributed by atoms with Gasteiger partial charge in [0.15, 0.2) is 5.82 Å². The number of nitrogens with one attached hydrogen (secondary N) is 3. The lowest BCUT2D eigenvalue weighted by Crippen LogP contribution is -2.51. The number of carbonyl (C=O) groups excluding carboxylic acids is 2. The molecule has 3 aromatic carbocycles. The maximum Gasteiger partial charge on any atom is 0.408 e. The Morgan fingerprint density at radius 3 is 2.13 bits per heavy atom. The summed E-state index contributed by atoms with van der Waals surface area (Å²) >= 11 is 0. The first kappa shape index (κ1) is 47.2. The summed E-state index contributed by atoms with van der Waals surface area (Å²) < 4.78 is 62.4. The lowest BCUT2D eigenvalue weighted by molar-refractivity contribution is -0.122. The summed E-state index contributed by atoms with van der Waals surface area (Å²) in [5, 5.41) is 9.45. The van der Waals surface area contributed by atoms with Crippen molar-refractivity contribution >= 4 is 49.9 Å². The first-order valence-corrected chi connectivity index (χ1v) is 22.4. The lowest BCUT2D eigenvalue weighted by Gasteiger charge is -2.22. The molecule has 5 rings (SSSR count). The topological polar surface area (TPSA) is 201 Å². The smallest absolute Gasteiger partial charge is 0.408 e. The Kier molecular flexibility index (Phi) is 16.2. The molecular weight excluding hydrogens is 817 g/mol. The van der Waals surface area contributed by atoms with Crippen LogP contribution in [0.15, 0.2) is 54.6 Å². The van der Waals surface area contributed by atoms with E-state index < -0.39 is 39.5 Å². The van der Waals surface area contributed by atoms with Crippen LogP contribution in [-0.2, 0) is 45.6 Å². The zero-order valence-corrected chi connectivity index (χ0v) is 37.7. The van der Waals surface area contributed by atoms with Crippen LogP contribution < -0.4 is 34.9 Å². The predicted octanol–water partition coefficient (Wildman–Crippen LogP) is 7.23. The quantitative estimate of drug-likeness (QED) is 0.0401. The van der Waals surface area contributed by atoms with E-state index in [0.29, 0.717) is 48.3 Å². The zero-order chi connectivity index (χ0) is 45.0. The molecule has 1 atom stereocenters. The van der Waals surface area contributed by atoms with Gasteiger partial charge in [0, 0.05) is 48.2 Å². The molecule has 0 aliphatic heterocycles. The molecule has 0 fully saturated rings. The van der Waals surface area contributed by atoms with Crippen LogP contribution in [-0.4, -0.2) is 91.9 Å². The fourth-order valence-electron chi connectivity index (χ4n) is 7.09. The van der Waals surface area contributed by atoms with E-state index in [0.717, 1.165) is 83.0 Å². The number of aryl methyl sites for hydroxylation is 2. The van der Waals surface area contributed by atoms with Gasteiger partial charge < -0.3 is 44.2 Å². The van der Waals surface area contributed by atoms with Crippen molar-refractivity contribution in [1.82, 2.24) is 25.2 Å². The Morgan fingerprint density at radius 2 is 1.50 bits per heavy atom. The molecule has 62 heavy (non-hydrogen) atoms. The van der Waals surface area contributed by atoms with Crippen molar-refractivity contribution < 1.29 is 46.2 Å². The summed E-state index contributed by atoms with van der Waals surface area (Å²) in [7, 11) is 1.97. The second-order valence-electron chi connectivity index (χ2n) is 16.0. The number of alkyl carbamates (subject to hydrolysis) is 1. The van der Waals surface area contributed by atoms with Gasteiger partial charge in [-0.3, -0.25) is 9.35 Å². The van der Waals surface area contributed by atoms with Crippen LogP contribution >= 0.6 is 0 Å². The standard InChI is InChI=1S/C45H60N6O10S/c1-9-10-15-39-50-40-41(51(39)27-31-18-20-33(58-6)25-38(31)60-8)34-21-16-29(23-35(34)48-42(40)47-26-30-17-19-32(57-5)24-37(30)59-7)14-12-11-13-22-46-43(52)36(28-62(54,55)56)49-44(53)61-45(2,3)4/h16-21,23-25,36H,9-15,22,26-28H2,1-8H3,(H,46,52)(H,47,48)(H,49,53)(H,54,55,56)/t36-/m0/s1. The highest BCUT2D eigenvalue weighted by atomic mass is 32.2. The largest absolute Gasteiger partial charge is 0.497 e. The summed E-state index contributed by atoms with van der Waals surface area (Å²) in [6.45, 7) is 8.26. The van der Waals surface area contributed by atoms with Gasteiger partial charge >= 0.3 is 6.09 Å². The number of carbonyl (C=O) groups is 2. The third-order valence-electron chi connectivity index (χ3n) is 10.2. The molecule has 0 aliphatic carbocycles. The molecule has 2 aromatic heterocycles. The molecule has 0 aliphatic rings. The lowest BCUT2D eigenvalue weighted by atomic mass is 10.0. The first-order valence-electron chi connectivity index (χ1n) is 20.8. The number of rotatable bonds is 22. The number of hydrogen-bond donors (Lipinski definition) is 4. The summed E-state index contributed by atoms with van der Waals surface area (Å²) in [6.07, 6.45) is 4.66. The number of methoxy groups -OCH3 is 4. The van der Waals surface area contributed by atoms with Gasteiger partial charge in [-0.2, -0.15) is 8.42 Å². The minimum atomic E-state index is -4.57. The molecule has 16 nitrogen and oxygen atoms in total. The van der Waals surface area contributed by atoms with Gasteiger partial charge in [0.1, 0.15) is 51.7 Å². The second kappa shape index (κ2) is 21.3. The van der Waals surface area contributed by atoms with Crippen molar-refractivity contribution in [2.24, 2.45) is 0 Å². The number of fused-ring (bicyclic) bond motifs is 3. The van der Waals surface area contributed by atoms with Crippen LogP contribution in [0.5, 0.6) is 23.0 Å². The van der Waals surface area contributed by atoms with Gasteiger partial charge in [-0.1, -0.05) is 31.9 Å². The zero-order valence-electron chi connectivity index (χ0n) is 36.9. The van der Waals surface area contributed by atoms with Gasteiger partial charge in [0.2, 0.25) is 5.91 Å². The maximum absolute atomic E-state index is 12.8. The molecule has 0 saturated carbocycles. The second-order valence-corrected chi connectivity index (χ2v) is 17.5. The van der Waals surface area contributed by atoms with E-state index in [1.165, 1.54) is 0 Å². The van der Waals surface area contributed by atoms with Crippen LogP contribution in [0.2, 0.25) is 0 Å². The number of anilines is 1. The normalized spacial score (nSPS) is 12.2. The number of ether oxygens (including phenoxy) is 5. The highest BCUT2D eigenvalue weighted by molar-refractivity contribution is 7.85. The highest BCUT2D eigenvalue weighted by Crippen LogP contribution is 2.35. The molecule has 4 N–H and O–H groups in total. The van der Waals surface area contributed by atoms with Gasteiger partial charge in [0.05, 0.1) is 46.0 Å². The van der Waals surface area contributed by atoms with Crippen LogP contribution in [0, 0.1) is 0 Å². The Morgan fingerprint density at radius 1 is 0.823 bits per heavy atom. The van der Waals surface area contributed by atoms with Gasteiger partial charge in [0.25, 0.3) is 10.1 Å². The average Bonchev–Trinajstić information content (AvgIpc) is 3.59. The molecular formula is C45H60N6O10S. The predicted molar refractivity (Wildman–Crippen MR) is 239 cm³/mol. The molecule has 0 radical (unpaired) electrons. The minimum Gasteiger partial charge on any atom is -0.497 e. The van der Waals surface area contributed by atoms with Crippen LogP contribution in [0.4, 0.5) is 10.6 Å². The summed E-state index contributed by atoms with van der Waals surface area (Å²) in [5.41, 5.74) is 4.65. The van der Waals surface area contributed by atoms with Gasteiger partial charge in [-0.05, 0) is 82.3 Å². The van der Waals surface area contributed by atoms with Crippen LogP contribution in [0.25, 0.3) is 21.9 Å². The molecule has 0 bridgehead atoms. The van der Waals surface area contributed by atoms with Crippen molar-refractivity contribution in [3.63, 3.8) is 0 Å². The number of unbranched alkanes of at least 4 members (excludes halogenated alkanes) is 3. The fourth-order valence-corrected chi connectivity index (χ4v) is 7.75. The monoisotopic (exact) mass is 876 g/mol. The minimum absolute atomic E-state index is 0.241. The molecule has 0 spiro atoms. The van der Waals surface area contributed by atoms with Crippen molar-refractivity contribution in [3.05, 3.63) is 77.1 Å². The maximum atomic E-state index is 12.8. The molecule has 2 amide bonds. The van der Waals surface area contributed by atoms with Gasteiger partial charge in [-0.25, -0.2) is 14.8 Å². The first-order chi connectivity index (χ1) is 29.6. The molecule has 17 heteroatoms. The number of imidazole rings is 1. The Labute approximate surface area is 363 Å². The average molecular weight is 877 g/mol. The van der Waals surface area contributed by atoms with E-state index in [1.54, 1.807) is 49.2 Å². The Balaban J connectivity index is 1.40. The third kappa shape index (κ3) is 12.9. The van der Waals surface area contributed by atoms with E-state index in [2.05, 4.69) is 45.6 Å². The summed E-state index contributed by atoms with van der Waals surface area (Å²) in [6, 6.07) is 16.4. The van der Waals surface area contributed by atoms with E-state index >= 15 is 0 Å². The number of aromatic nitrogens is 3. The Bertz CT molecular complexity index is 2450. The van der Waals surface area contributed by atoms with Crippen molar-refractivity contribution in [2.75, 3.05) is 46.1 Å². The van der Waals surface area contributed by atoms with E-state index in [1.807, 2.05) is 36.4 Å². The number of amides is 2. The molecule has 0 unspecified atom stereocenters. The van der Waals surface area contributed by atoms with Crippen molar-refractivity contribution in [1.29, 1.82) is 0 Å². The summed E-state index contributed by atoms with van der Waals surface area (Å²) in [4.78, 5) is 35.6. The number of hydrogen-bond acceptors (Lipinski definition) is 12. The third-order valence-corrected chi connectivity index (χ3v) is 10.9. The van der Waals surface area contributed by atoms with E-state index in [4.69, 9.17) is 33.7 Å². The van der Waals surface area contributed by atoms with E-state index in [-0.39, 0.29) is 6.54 Å². The molecule has 336 valence electrons.